The van der Waals surface area contributed by atoms with E-state index in [1.807, 2.05) is 20.8 Å². The molecule has 0 aliphatic carbocycles. The third-order valence-electron chi connectivity index (χ3n) is 2.51. The van der Waals surface area contributed by atoms with Gasteiger partial charge in [-0.1, -0.05) is 11.6 Å². The van der Waals surface area contributed by atoms with Crippen LogP contribution in [0, 0.1) is 0 Å². The van der Waals surface area contributed by atoms with Crippen LogP contribution in [0.25, 0.3) is 0 Å². The first kappa shape index (κ1) is 15.8. The summed E-state index contributed by atoms with van der Waals surface area (Å²) in [6.45, 7) is 6.24. The molecule has 0 aromatic heterocycles. The van der Waals surface area contributed by atoms with E-state index < -0.39 is 0 Å². The number of rotatable bonds is 6. The van der Waals surface area contributed by atoms with Crippen LogP contribution in [0.15, 0.2) is 18.2 Å². The Bertz CT molecular complexity index is 442. The van der Waals surface area contributed by atoms with Crippen LogP contribution in [0.1, 0.15) is 33.6 Å². The van der Waals surface area contributed by atoms with Crippen molar-refractivity contribution >= 4 is 23.2 Å². The van der Waals surface area contributed by atoms with E-state index in [9.17, 15) is 4.79 Å². The van der Waals surface area contributed by atoms with E-state index in [2.05, 4.69) is 5.32 Å². The largest absolute Gasteiger partial charge is 0.492 e. The van der Waals surface area contributed by atoms with Crippen LogP contribution in [0.4, 0.5) is 5.69 Å². The van der Waals surface area contributed by atoms with E-state index in [1.165, 1.54) is 0 Å². The Hall–Kier alpha value is -1.26. The van der Waals surface area contributed by atoms with Gasteiger partial charge in [0.05, 0.1) is 11.6 Å². The Morgan fingerprint density at radius 1 is 1.47 bits per heavy atom. The number of halogens is 1. The third kappa shape index (κ3) is 5.94. The topological polar surface area (TPSA) is 64.3 Å². The van der Waals surface area contributed by atoms with Crippen LogP contribution in [0.2, 0.25) is 5.02 Å². The van der Waals surface area contributed by atoms with Gasteiger partial charge in [-0.3, -0.25) is 4.79 Å². The molecule has 0 aliphatic heterocycles. The minimum Gasteiger partial charge on any atom is -0.492 e. The highest BCUT2D eigenvalue weighted by atomic mass is 35.5. The zero-order valence-electron chi connectivity index (χ0n) is 11.6. The fourth-order valence-corrected chi connectivity index (χ4v) is 1.75. The van der Waals surface area contributed by atoms with Crippen molar-refractivity contribution in [3.05, 3.63) is 23.2 Å². The van der Waals surface area contributed by atoms with Crippen LogP contribution in [0.5, 0.6) is 5.75 Å². The molecule has 0 saturated heterocycles. The van der Waals surface area contributed by atoms with E-state index in [0.29, 0.717) is 35.9 Å². The molecule has 0 saturated carbocycles. The van der Waals surface area contributed by atoms with Crippen molar-refractivity contribution in [2.24, 2.45) is 5.73 Å². The second-order valence-corrected chi connectivity index (χ2v) is 5.52. The van der Waals surface area contributed by atoms with E-state index in [4.69, 9.17) is 22.1 Å². The van der Waals surface area contributed by atoms with E-state index in [0.717, 1.165) is 0 Å². The van der Waals surface area contributed by atoms with Gasteiger partial charge in [0, 0.05) is 17.6 Å². The number of anilines is 1. The van der Waals surface area contributed by atoms with Crippen molar-refractivity contribution in [1.29, 1.82) is 0 Å². The number of carbonyl (C=O) groups is 1. The molecule has 0 unspecified atom stereocenters. The SMILES string of the molecule is CCOc1ccc(NC(=O)CCC(C)(C)N)cc1Cl. The number of carbonyl (C=O) groups excluding carboxylic acids is 1. The molecular formula is C14H21ClN2O2. The van der Waals surface area contributed by atoms with Gasteiger partial charge in [0.15, 0.2) is 0 Å². The molecule has 0 spiro atoms. The lowest BCUT2D eigenvalue weighted by Crippen LogP contribution is -2.33. The summed E-state index contributed by atoms with van der Waals surface area (Å²) < 4.78 is 5.33. The average Bonchev–Trinajstić information content (AvgIpc) is 2.29. The number of benzene rings is 1. The Labute approximate surface area is 119 Å². The zero-order valence-corrected chi connectivity index (χ0v) is 12.4. The lowest BCUT2D eigenvalue weighted by molar-refractivity contribution is -0.116. The standard InChI is InChI=1S/C14H21ClN2O2/c1-4-19-12-6-5-10(9-11(12)15)17-13(18)7-8-14(2,3)16/h5-6,9H,4,7-8,16H2,1-3H3,(H,17,18). The van der Waals surface area contributed by atoms with Gasteiger partial charge < -0.3 is 15.8 Å². The molecule has 1 aromatic rings. The van der Waals surface area contributed by atoms with Crippen LogP contribution in [0.3, 0.4) is 0 Å². The lowest BCUT2D eigenvalue weighted by Gasteiger charge is -2.17. The summed E-state index contributed by atoms with van der Waals surface area (Å²) in [4.78, 5) is 11.7. The molecular weight excluding hydrogens is 264 g/mol. The van der Waals surface area contributed by atoms with Gasteiger partial charge >= 0.3 is 0 Å². The fourth-order valence-electron chi connectivity index (χ4n) is 1.51. The van der Waals surface area contributed by atoms with Gasteiger partial charge in [-0.2, -0.15) is 0 Å². The molecule has 0 bridgehead atoms. The number of hydrogen-bond acceptors (Lipinski definition) is 3. The van der Waals surface area contributed by atoms with Crippen LogP contribution in [-0.4, -0.2) is 18.1 Å². The van der Waals surface area contributed by atoms with E-state index in [1.54, 1.807) is 18.2 Å². The van der Waals surface area contributed by atoms with Crippen LogP contribution in [-0.2, 0) is 4.79 Å². The molecule has 0 fully saturated rings. The highest BCUT2D eigenvalue weighted by Crippen LogP contribution is 2.27. The molecule has 106 valence electrons. The average molecular weight is 285 g/mol. The summed E-state index contributed by atoms with van der Waals surface area (Å²) in [5, 5.41) is 3.28. The number of ether oxygens (including phenoxy) is 1. The number of hydrogen-bond donors (Lipinski definition) is 2. The van der Waals surface area contributed by atoms with Crippen molar-refractivity contribution in [3.63, 3.8) is 0 Å². The number of nitrogens with two attached hydrogens (primary N) is 1. The van der Waals surface area contributed by atoms with Gasteiger partial charge in [0.2, 0.25) is 5.91 Å². The summed E-state index contributed by atoms with van der Waals surface area (Å²) in [7, 11) is 0. The van der Waals surface area contributed by atoms with Crippen molar-refractivity contribution in [2.75, 3.05) is 11.9 Å². The number of amides is 1. The summed E-state index contributed by atoms with van der Waals surface area (Å²) in [6.07, 6.45) is 1.01. The molecule has 0 radical (unpaired) electrons. The highest BCUT2D eigenvalue weighted by molar-refractivity contribution is 6.32. The normalized spacial score (nSPS) is 11.2. The molecule has 5 heteroatoms. The van der Waals surface area contributed by atoms with Crippen LogP contribution < -0.4 is 15.8 Å². The molecule has 0 aliphatic rings. The second-order valence-electron chi connectivity index (χ2n) is 5.11. The predicted octanol–water partition coefficient (Wildman–Crippen LogP) is 3.19. The molecule has 3 N–H and O–H groups in total. The summed E-state index contributed by atoms with van der Waals surface area (Å²) in [5.74, 6) is 0.545. The Kier molecular flexibility index (Phi) is 5.63. The Morgan fingerprint density at radius 3 is 2.68 bits per heavy atom. The monoisotopic (exact) mass is 284 g/mol. The van der Waals surface area contributed by atoms with E-state index >= 15 is 0 Å². The van der Waals surface area contributed by atoms with Gasteiger partial charge in [0.25, 0.3) is 0 Å². The molecule has 0 atom stereocenters. The maximum atomic E-state index is 11.7. The first-order valence-corrected chi connectivity index (χ1v) is 6.70. The molecule has 19 heavy (non-hydrogen) atoms. The summed E-state index contributed by atoms with van der Waals surface area (Å²) >= 11 is 6.04. The molecule has 1 aromatic carbocycles. The number of nitrogens with one attached hydrogen (secondary N) is 1. The predicted molar refractivity (Wildman–Crippen MR) is 78.8 cm³/mol. The summed E-state index contributed by atoms with van der Waals surface area (Å²) in [6, 6.07) is 5.19. The second kappa shape index (κ2) is 6.78. The van der Waals surface area contributed by atoms with Crippen molar-refractivity contribution in [2.45, 2.75) is 39.2 Å². The van der Waals surface area contributed by atoms with E-state index in [-0.39, 0.29) is 11.4 Å². The molecule has 4 nitrogen and oxygen atoms in total. The fraction of sp³-hybridized carbons (Fsp3) is 0.500. The van der Waals surface area contributed by atoms with Crippen LogP contribution >= 0.6 is 11.6 Å². The van der Waals surface area contributed by atoms with Crippen molar-refractivity contribution in [1.82, 2.24) is 0 Å². The maximum Gasteiger partial charge on any atom is 0.224 e. The first-order chi connectivity index (χ1) is 8.81. The quantitative estimate of drug-likeness (QED) is 0.843. The smallest absolute Gasteiger partial charge is 0.224 e. The first-order valence-electron chi connectivity index (χ1n) is 6.33. The Balaban J connectivity index is 2.58. The van der Waals surface area contributed by atoms with Crippen molar-refractivity contribution in [3.8, 4) is 5.75 Å². The van der Waals surface area contributed by atoms with Crippen molar-refractivity contribution < 1.29 is 9.53 Å². The van der Waals surface area contributed by atoms with Gasteiger partial charge in [-0.25, -0.2) is 0 Å². The third-order valence-corrected chi connectivity index (χ3v) is 2.81. The minimum atomic E-state index is -0.339. The van der Waals surface area contributed by atoms with Gasteiger partial charge in [0.1, 0.15) is 5.75 Å². The van der Waals surface area contributed by atoms with Gasteiger partial charge in [-0.15, -0.1) is 0 Å². The lowest BCUT2D eigenvalue weighted by atomic mass is 10.00. The zero-order chi connectivity index (χ0) is 14.5. The minimum absolute atomic E-state index is 0.0706. The maximum absolute atomic E-state index is 11.7. The summed E-state index contributed by atoms with van der Waals surface area (Å²) in [5.41, 5.74) is 6.16. The van der Waals surface area contributed by atoms with Gasteiger partial charge in [-0.05, 0) is 45.4 Å². The molecule has 1 rings (SSSR count). The molecule has 0 heterocycles. The highest BCUT2D eigenvalue weighted by Gasteiger charge is 2.13. The molecule has 1 amide bonds. The Morgan fingerprint density at radius 2 is 2.16 bits per heavy atom.